The van der Waals surface area contributed by atoms with E-state index in [1.54, 1.807) is 24.3 Å². The summed E-state index contributed by atoms with van der Waals surface area (Å²) in [5.74, 6) is -1.19. The maximum Gasteiger partial charge on any atom is 0.311 e. The van der Waals surface area contributed by atoms with Gasteiger partial charge in [-0.2, -0.15) is 0 Å². The number of carbonyl (C=O) groups is 1. The topological polar surface area (TPSA) is 46.5 Å². The summed E-state index contributed by atoms with van der Waals surface area (Å²) in [5.41, 5.74) is 0.792. The Kier molecular flexibility index (Phi) is 2.93. The zero-order chi connectivity index (χ0) is 10.8. The molecule has 1 aromatic rings. The summed E-state index contributed by atoms with van der Waals surface area (Å²) >= 11 is 5.75. The first-order chi connectivity index (χ1) is 7.18. The summed E-state index contributed by atoms with van der Waals surface area (Å²) in [7, 11) is 0. The van der Waals surface area contributed by atoms with Crippen LogP contribution in [0.25, 0.3) is 0 Å². The van der Waals surface area contributed by atoms with Gasteiger partial charge < -0.3 is 9.84 Å². The Morgan fingerprint density at radius 1 is 1.40 bits per heavy atom. The number of hydrogen-bond donors (Lipinski definition) is 1. The van der Waals surface area contributed by atoms with Crippen molar-refractivity contribution in [1.82, 2.24) is 0 Å². The van der Waals surface area contributed by atoms with Gasteiger partial charge in [0.15, 0.2) is 0 Å². The fourth-order valence-electron chi connectivity index (χ4n) is 1.73. The molecule has 1 saturated heterocycles. The predicted octanol–water partition coefficient (Wildman–Crippen LogP) is 2.15. The Morgan fingerprint density at radius 2 is 2.00 bits per heavy atom. The lowest BCUT2D eigenvalue weighted by Gasteiger charge is -2.31. The molecule has 0 aliphatic carbocycles. The van der Waals surface area contributed by atoms with Gasteiger partial charge in [0.05, 0.1) is 19.1 Å². The molecule has 0 radical (unpaired) electrons. The SMILES string of the molecule is O=C(O)C(c1ccc(Cl)cc1)C1COC1. The molecule has 80 valence electrons. The molecular weight excluding hydrogens is 216 g/mol. The summed E-state index contributed by atoms with van der Waals surface area (Å²) < 4.78 is 5.02. The molecule has 1 unspecified atom stereocenters. The minimum atomic E-state index is -0.800. The van der Waals surface area contributed by atoms with Crippen LogP contribution in [0.15, 0.2) is 24.3 Å². The first kappa shape index (κ1) is 10.5. The summed E-state index contributed by atoms with van der Waals surface area (Å²) in [6.07, 6.45) is 0. The second kappa shape index (κ2) is 4.21. The van der Waals surface area contributed by atoms with E-state index < -0.39 is 11.9 Å². The molecule has 0 spiro atoms. The molecule has 0 saturated carbocycles. The standard InChI is InChI=1S/C11H11ClO3/c12-9-3-1-7(2-4-9)10(11(13)14)8-5-15-6-8/h1-4,8,10H,5-6H2,(H,13,14). The predicted molar refractivity (Wildman–Crippen MR) is 56.1 cm³/mol. The number of aliphatic carboxylic acids is 1. The zero-order valence-electron chi connectivity index (χ0n) is 8.02. The normalized spacial score (nSPS) is 18.2. The molecule has 1 aliphatic heterocycles. The number of benzene rings is 1. The first-order valence-corrected chi connectivity index (χ1v) is 5.12. The highest BCUT2D eigenvalue weighted by atomic mass is 35.5. The smallest absolute Gasteiger partial charge is 0.311 e. The van der Waals surface area contributed by atoms with Crippen molar-refractivity contribution in [3.05, 3.63) is 34.9 Å². The van der Waals surface area contributed by atoms with Crippen molar-refractivity contribution >= 4 is 17.6 Å². The highest BCUT2D eigenvalue weighted by molar-refractivity contribution is 6.30. The number of hydrogen-bond acceptors (Lipinski definition) is 2. The molecule has 2 rings (SSSR count). The average molecular weight is 227 g/mol. The van der Waals surface area contributed by atoms with Gasteiger partial charge in [0.2, 0.25) is 0 Å². The van der Waals surface area contributed by atoms with Gasteiger partial charge in [0.1, 0.15) is 0 Å². The Bertz CT molecular complexity index is 357. The Labute approximate surface area is 92.6 Å². The molecule has 4 heteroatoms. The summed E-state index contributed by atoms with van der Waals surface area (Å²) in [6.45, 7) is 1.05. The quantitative estimate of drug-likeness (QED) is 0.859. The Balaban J connectivity index is 2.23. The highest BCUT2D eigenvalue weighted by Gasteiger charge is 2.34. The van der Waals surface area contributed by atoms with Crippen LogP contribution in [0.3, 0.4) is 0 Å². The first-order valence-electron chi connectivity index (χ1n) is 4.74. The summed E-state index contributed by atoms with van der Waals surface area (Å²) in [6, 6.07) is 6.96. The molecule has 1 aromatic carbocycles. The number of rotatable bonds is 3. The summed E-state index contributed by atoms with van der Waals surface area (Å²) in [4.78, 5) is 11.1. The summed E-state index contributed by atoms with van der Waals surface area (Å²) in [5, 5.41) is 9.76. The molecular formula is C11H11ClO3. The molecule has 1 heterocycles. The monoisotopic (exact) mass is 226 g/mol. The number of halogens is 1. The molecule has 15 heavy (non-hydrogen) atoms. The molecule has 1 atom stereocenters. The van der Waals surface area contributed by atoms with Gasteiger partial charge in [-0.25, -0.2) is 0 Å². The van der Waals surface area contributed by atoms with Crippen molar-refractivity contribution in [1.29, 1.82) is 0 Å². The van der Waals surface area contributed by atoms with Crippen LogP contribution < -0.4 is 0 Å². The lowest BCUT2D eigenvalue weighted by Crippen LogP contribution is -2.36. The third-order valence-corrected chi connectivity index (χ3v) is 2.88. The van der Waals surface area contributed by atoms with Gasteiger partial charge in [0.25, 0.3) is 0 Å². The van der Waals surface area contributed by atoms with Crippen LogP contribution >= 0.6 is 11.6 Å². The molecule has 0 bridgehead atoms. The van der Waals surface area contributed by atoms with Gasteiger partial charge in [-0.15, -0.1) is 0 Å². The molecule has 0 aromatic heterocycles. The minimum absolute atomic E-state index is 0.0867. The van der Waals surface area contributed by atoms with Gasteiger partial charge in [0, 0.05) is 10.9 Å². The lowest BCUT2D eigenvalue weighted by atomic mass is 9.85. The molecule has 1 aliphatic rings. The number of carboxylic acid groups (broad SMARTS) is 1. The van der Waals surface area contributed by atoms with E-state index in [1.807, 2.05) is 0 Å². The minimum Gasteiger partial charge on any atom is -0.481 e. The van der Waals surface area contributed by atoms with E-state index >= 15 is 0 Å². The van der Waals surface area contributed by atoms with E-state index in [0.717, 1.165) is 5.56 Å². The van der Waals surface area contributed by atoms with Gasteiger partial charge in [-0.3, -0.25) is 4.79 Å². The van der Waals surface area contributed by atoms with E-state index in [2.05, 4.69) is 0 Å². The maximum atomic E-state index is 11.1. The Hall–Kier alpha value is -1.06. The van der Waals surface area contributed by atoms with E-state index in [9.17, 15) is 4.79 Å². The van der Waals surface area contributed by atoms with Crippen LogP contribution in [0.1, 0.15) is 11.5 Å². The van der Waals surface area contributed by atoms with Gasteiger partial charge in [-0.05, 0) is 17.7 Å². The van der Waals surface area contributed by atoms with Crippen molar-refractivity contribution in [2.75, 3.05) is 13.2 Å². The van der Waals surface area contributed by atoms with Crippen molar-refractivity contribution < 1.29 is 14.6 Å². The fourth-order valence-corrected chi connectivity index (χ4v) is 1.86. The number of carboxylic acids is 1. The van der Waals surface area contributed by atoms with Gasteiger partial charge >= 0.3 is 5.97 Å². The third kappa shape index (κ3) is 2.13. The second-order valence-corrected chi connectivity index (χ2v) is 4.10. The van der Waals surface area contributed by atoms with Crippen LogP contribution in [0, 0.1) is 5.92 Å². The molecule has 1 N–H and O–H groups in total. The van der Waals surface area contributed by atoms with Crippen LogP contribution in [-0.2, 0) is 9.53 Å². The zero-order valence-corrected chi connectivity index (χ0v) is 8.78. The Morgan fingerprint density at radius 3 is 2.40 bits per heavy atom. The van der Waals surface area contributed by atoms with Crippen LogP contribution in [0.5, 0.6) is 0 Å². The third-order valence-electron chi connectivity index (χ3n) is 2.63. The maximum absolute atomic E-state index is 11.1. The van der Waals surface area contributed by atoms with Gasteiger partial charge in [-0.1, -0.05) is 23.7 Å². The van der Waals surface area contributed by atoms with E-state index in [4.69, 9.17) is 21.4 Å². The second-order valence-electron chi connectivity index (χ2n) is 3.66. The van der Waals surface area contributed by atoms with E-state index in [1.165, 1.54) is 0 Å². The highest BCUT2D eigenvalue weighted by Crippen LogP contribution is 2.31. The fraction of sp³-hybridized carbons (Fsp3) is 0.364. The van der Waals surface area contributed by atoms with Crippen molar-refractivity contribution in [2.45, 2.75) is 5.92 Å². The van der Waals surface area contributed by atoms with E-state index in [-0.39, 0.29) is 5.92 Å². The van der Waals surface area contributed by atoms with E-state index in [0.29, 0.717) is 18.2 Å². The van der Waals surface area contributed by atoms with Crippen molar-refractivity contribution in [3.8, 4) is 0 Å². The average Bonchev–Trinajstić information content (AvgIpc) is 2.12. The van der Waals surface area contributed by atoms with Crippen molar-refractivity contribution in [2.24, 2.45) is 5.92 Å². The molecule has 3 nitrogen and oxygen atoms in total. The van der Waals surface area contributed by atoms with Crippen LogP contribution in [0.2, 0.25) is 5.02 Å². The van der Waals surface area contributed by atoms with Crippen LogP contribution in [0.4, 0.5) is 0 Å². The lowest BCUT2D eigenvalue weighted by molar-refractivity contribution is -0.146. The number of ether oxygens (including phenoxy) is 1. The molecule has 1 fully saturated rings. The largest absolute Gasteiger partial charge is 0.481 e. The van der Waals surface area contributed by atoms with Crippen molar-refractivity contribution in [3.63, 3.8) is 0 Å². The van der Waals surface area contributed by atoms with Crippen LogP contribution in [-0.4, -0.2) is 24.3 Å². The molecule has 0 amide bonds.